The van der Waals surface area contributed by atoms with Crippen molar-refractivity contribution in [2.45, 2.75) is 38.6 Å². The summed E-state index contributed by atoms with van der Waals surface area (Å²) in [6.07, 6.45) is 4.10. The maximum Gasteiger partial charge on any atom is 0.305 e. The van der Waals surface area contributed by atoms with Crippen LogP contribution in [-0.2, 0) is 0 Å². The minimum Gasteiger partial charge on any atom is -0.380 e. The molecule has 1 aliphatic rings. The summed E-state index contributed by atoms with van der Waals surface area (Å²) in [7, 11) is 0. The molecule has 0 saturated heterocycles. The molecule has 0 atom stereocenters. The number of carbonyl (C=O) groups excluding carboxylic acids is 1. The van der Waals surface area contributed by atoms with E-state index in [-0.39, 0.29) is 23.2 Å². The first-order chi connectivity index (χ1) is 9.63. The SMILES string of the molecule is CCNc1cccc(C(=O)NC2CCCC2)c1[N+](=O)[O-]. The third kappa shape index (κ3) is 3.07. The van der Waals surface area contributed by atoms with Crippen LogP contribution in [0.15, 0.2) is 18.2 Å². The molecule has 0 aliphatic heterocycles. The standard InChI is InChI=1S/C14H19N3O3/c1-2-15-12-9-5-8-11(13(12)17(19)20)14(18)16-10-6-3-4-7-10/h5,8-10,15H,2-4,6-7H2,1H3,(H,16,18). The fourth-order valence-corrected chi connectivity index (χ4v) is 2.59. The quantitative estimate of drug-likeness (QED) is 0.640. The molecule has 0 heterocycles. The van der Waals surface area contributed by atoms with Crippen molar-refractivity contribution in [3.8, 4) is 0 Å². The Kier molecular flexibility index (Phi) is 4.55. The smallest absolute Gasteiger partial charge is 0.305 e. The van der Waals surface area contributed by atoms with Crippen LogP contribution in [-0.4, -0.2) is 23.4 Å². The van der Waals surface area contributed by atoms with Gasteiger partial charge in [0, 0.05) is 12.6 Å². The number of nitrogens with one attached hydrogen (secondary N) is 2. The van der Waals surface area contributed by atoms with Crippen molar-refractivity contribution in [1.29, 1.82) is 0 Å². The predicted molar refractivity (Wildman–Crippen MR) is 77.0 cm³/mol. The van der Waals surface area contributed by atoms with Crippen LogP contribution in [0, 0.1) is 10.1 Å². The van der Waals surface area contributed by atoms with Gasteiger partial charge in [-0.3, -0.25) is 14.9 Å². The van der Waals surface area contributed by atoms with E-state index in [2.05, 4.69) is 10.6 Å². The molecule has 2 rings (SSSR count). The van der Waals surface area contributed by atoms with Gasteiger partial charge >= 0.3 is 5.69 Å². The molecule has 0 unspecified atom stereocenters. The van der Waals surface area contributed by atoms with Gasteiger partial charge in [0.1, 0.15) is 11.3 Å². The van der Waals surface area contributed by atoms with E-state index in [1.807, 2.05) is 6.92 Å². The molecule has 0 radical (unpaired) electrons. The molecule has 0 spiro atoms. The third-order valence-corrected chi connectivity index (χ3v) is 3.52. The lowest BCUT2D eigenvalue weighted by Gasteiger charge is -2.13. The Morgan fingerprint density at radius 2 is 2.10 bits per heavy atom. The van der Waals surface area contributed by atoms with Crippen molar-refractivity contribution in [2.24, 2.45) is 0 Å². The Labute approximate surface area is 117 Å². The largest absolute Gasteiger partial charge is 0.380 e. The second-order valence-electron chi connectivity index (χ2n) is 4.94. The minimum absolute atomic E-state index is 0.125. The average Bonchev–Trinajstić information content (AvgIpc) is 2.91. The number of carbonyl (C=O) groups is 1. The lowest BCUT2D eigenvalue weighted by Crippen LogP contribution is -2.33. The van der Waals surface area contributed by atoms with Crippen LogP contribution in [0.3, 0.4) is 0 Å². The summed E-state index contributed by atoms with van der Waals surface area (Å²) < 4.78 is 0. The van der Waals surface area contributed by atoms with Gasteiger partial charge in [0.25, 0.3) is 5.91 Å². The summed E-state index contributed by atoms with van der Waals surface area (Å²) in [5, 5.41) is 17.1. The van der Waals surface area contributed by atoms with Gasteiger partial charge in [-0.1, -0.05) is 18.9 Å². The van der Waals surface area contributed by atoms with E-state index in [9.17, 15) is 14.9 Å². The maximum absolute atomic E-state index is 12.2. The van der Waals surface area contributed by atoms with Crippen LogP contribution < -0.4 is 10.6 Å². The zero-order valence-electron chi connectivity index (χ0n) is 11.5. The van der Waals surface area contributed by atoms with Crippen molar-refractivity contribution >= 4 is 17.3 Å². The molecule has 1 aliphatic carbocycles. The second kappa shape index (κ2) is 6.36. The van der Waals surface area contributed by atoms with E-state index in [0.29, 0.717) is 12.2 Å². The lowest BCUT2D eigenvalue weighted by molar-refractivity contribution is -0.384. The Morgan fingerprint density at radius 1 is 1.40 bits per heavy atom. The first-order valence-electron chi connectivity index (χ1n) is 6.95. The molecular weight excluding hydrogens is 258 g/mol. The van der Waals surface area contributed by atoms with Gasteiger partial charge in [0.15, 0.2) is 0 Å². The van der Waals surface area contributed by atoms with Gasteiger partial charge in [-0.15, -0.1) is 0 Å². The van der Waals surface area contributed by atoms with Crippen molar-refractivity contribution in [2.75, 3.05) is 11.9 Å². The monoisotopic (exact) mass is 277 g/mol. The van der Waals surface area contributed by atoms with Crippen molar-refractivity contribution in [3.63, 3.8) is 0 Å². The molecule has 108 valence electrons. The van der Waals surface area contributed by atoms with Crippen LogP contribution in [0.4, 0.5) is 11.4 Å². The van der Waals surface area contributed by atoms with E-state index in [1.54, 1.807) is 12.1 Å². The number of hydrogen-bond donors (Lipinski definition) is 2. The van der Waals surface area contributed by atoms with Gasteiger partial charge in [0.05, 0.1) is 4.92 Å². The topological polar surface area (TPSA) is 84.3 Å². The molecule has 1 amide bonds. The van der Waals surface area contributed by atoms with Gasteiger partial charge in [-0.2, -0.15) is 0 Å². The molecule has 1 aromatic carbocycles. The van der Waals surface area contributed by atoms with E-state index >= 15 is 0 Å². The number of amides is 1. The van der Waals surface area contributed by atoms with Crippen molar-refractivity contribution in [3.05, 3.63) is 33.9 Å². The van der Waals surface area contributed by atoms with E-state index in [0.717, 1.165) is 25.7 Å². The van der Waals surface area contributed by atoms with E-state index in [1.165, 1.54) is 6.07 Å². The predicted octanol–water partition coefficient (Wildman–Crippen LogP) is 2.70. The average molecular weight is 277 g/mol. The van der Waals surface area contributed by atoms with Crippen LogP contribution in [0.1, 0.15) is 43.0 Å². The highest BCUT2D eigenvalue weighted by Crippen LogP contribution is 2.29. The molecule has 0 aromatic heterocycles. The normalized spacial score (nSPS) is 15.1. The van der Waals surface area contributed by atoms with Crippen molar-refractivity contribution < 1.29 is 9.72 Å². The zero-order valence-corrected chi connectivity index (χ0v) is 11.5. The zero-order chi connectivity index (χ0) is 14.5. The fraction of sp³-hybridized carbons (Fsp3) is 0.500. The summed E-state index contributed by atoms with van der Waals surface area (Å²) in [5.41, 5.74) is 0.363. The Morgan fingerprint density at radius 3 is 2.70 bits per heavy atom. The van der Waals surface area contributed by atoms with Crippen LogP contribution in [0.25, 0.3) is 0 Å². The molecule has 1 aromatic rings. The molecule has 1 saturated carbocycles. The van der Waals surface area contributed by atoms with Crippen LogP contribution in [0.2, 0.25) is 0 Å². The highest BCUT2D eigenvalue weighted by atomic mass is 16.6. The summed E-state index contributed by atoms with van der Waals surface area (Å²) >= 11 is 0. The van der Waals surface area contributed by atoms with Gasteiger partial charge < -0.3 is 10.6 Å². The summed E-state index contributed by atoms with van der Waals surface area (Å²) in [6, 6.07) is 4.93. The second-order valence-corrected chi connectivity index (χ2v) is 4.94. The lowest BCUT2D eigenvalue weighted by atomic mass is 10.1. The molecule has 6 heteroatoms. The Bertz CT molecular complexity index is 510. The highest BCUT2D eigenvalue weighted by molar-refractivity contribution is 6.00. The molecule has 20 heavy (non-hydrogen) atoms. The van der Waals surface area contributed by atoms with Crippen LogP contribution >= 0.6 is 0 Å². The summed E-state index contributed by atoms with van der Waals surface area (Å²) in [5.74, 6) is -0.358. The van der Waals surface area contributed by atoms with Gasteiger partial charge in [-0.05, 0) is 31.9 Å². The van der Waals surface area contributed by atoms with Gasteiger partial charge in [0.2, 0.25) is 0 Å². The number of hydrogen-bond acceptors (Lipinski definition) is 4. The number of nitro groups is 1. The third-order valence-electron chi connectivity index (χ3n) is 3.52. The minimum atomic E-state index is -0.498. The molecule has 2 N–H and O–H groups in total. The fourth-order valence-electron chi connectivity index (χ4n) is 2.59. The molecule has 0 bridgehead atoms. The van der Waals surface area contributed by atoms with Crippen molar-refractivity contribution in [1.82, 2.24) is 5.32 Å². The highest BCUT2D eigenvalue weighted by Gasteiger charge is 2.26. The number of rotatable bonds is 5. The first-order valence-corrected chi connectivity index (χ1v) is 6.95. The van der Waals surface area contributed by atoms with Gasteiger partial charge in [-0.25, -0.2) is 0 Å². The molecule has 6 nitrogen and oxygen atoms in total. The summed E-state index contributed by atoms with van der Waals surface area (Å²) in [6.45, 7) is 2.42. The van der Waals surface area contributed by atoms with E-state index in [4.69, 9.17) is 0 Å². The van der Waals surface area contributed by atoms with E-state index < -0.39 is 4.92 Å². The number of benzene rings is 1. The van der Waals surface area contributed by atoms with Crippen LogP contribution in [0.5, 0.6) is 0 Å². The Hall–Kier alpha value is -2.11. The molecular formula is C14H19N3O3. The Balaban J connectivity index is 2.27. The summed E-state index contributed by atoms with van der Waals surface area (Å²) in [4.78, 5) is 23.0. The number of nitro benzene ring substituents is 1. The number of para-hydroxylation sites is 1. The maximum atomic E-state index is 12.2. The molecule has 1 fully saturated rings. The number of nitrogens with zero attached hydrogens (tertiary/aromatic N) is 1. The number of anilines is 1. The first kappa shape index (κ1) is 14.3.